The number of ether oxygens (including phenoxy) is 3. The SMILES string of the molecule is COc1cc(NC2CCN(c3cc(OC)cc(F)c3[N+](=O)[O-])CC2)cc(OC)c1. The maximum atomic E-state index is 14.2. The van der Waals surface area contributed by atoms with Crippen LogP contribution in [0.1, 0.15) is 12.8 Å². The van der Waals surface area contributed by atoms with E-state index < -0.39 is 16.4 Å². The van der Waals surface area contributed by atoms with E-state index in [2.05, 4.69) is 5.32 Å². The Morgan fingerprint density at radius 2 is 1.55 bits per heavy atom. The molecule has 9 heteroatoms. The van der Waals surface area contributed by atoms with Crippen LogP contribution in [0.2, 0.25) is 0 Å². The molecule has 8 nitrogen and oxygen atoms in total. The zero-order valence-electron chi connectivity index (χ0n) is 16.6. The Hall–Kier alpha value is -3.23. The monoisotopic (exact) mass is 405 g/mol. The predicted molar refractivity (Wildman–Crippen MR) is 108 cm³/mol. The van der Waals surface area contributed by atoms with Crippen molar-refractivity contribution in [2.45, 2.75) is 18.9 Å². The fraction of sp³-hybridized carbons (Fsp3) is 0.400. The molecule has 156 valence electrons. The molecular formula is C20H24FN3O5. The summed E-state index contributed by atoms with van der Waals surface area (Å²) in [6.07, 6.45) is 1.46. The van der Waals surface area contributed by atoms with Gasteiger partial charge in [-0.05, 0) is 12.8 Å². The number of hydrogen-bond donors (Lipinski definition) is 1. The molecule has 0 aromatic heterocycles. The number of nitro benzene ring substituents is 1. The van der Waals surface area contributed by atoms with Crippen molar-refractivity contribution < 1.29 is 23.5 Å². The molecule has 1 heterocycles. The van der Waals surface area contributed by atoms with Crippen LogP contribution < -0.4 is 24.4 Å². The van der Waals surface area contributed by atoms with Gasteiger partial charge >= 0.3 is 5.69 Å². The molecule has 0 aliphatic carbocycles. The molecule has 3 rings (SSSR count). The van der Waals surface area contributed by atoms with E-state index in [1.807, 2.05) is 17.0 Å². The number of nitrogens with zero attached hydrogens (tertiary/aromatic N) is 2. The maximum absolute atomic E-state index is 14.2. The van der Waals surface area contributed by atoms with Crippen molar-refractivity contribution >= 4 is 17.1 Å². The second-order valence-electron chi connectivity index (χ2n) is 6.74. The van der Waals surface area contributed by atoms with Crippen LogP contribution in [0.15, 0.2) is 30.3 Å². The molecule has 0 saturated carbocycles. The van der Waals surface area contributed by atoms with E-state index in [1.54, 1.807) is 20.3 Å². The van der Waals surface area contributed by atoms with Crippen LogP contribution in [0.3, 0.4) is 0 Å². The topological polar surface area (TPSA) is 86.1 Å². The van der Waals surface area contributed by atoms with Crippen LogP contribution in [-0.4, -0.2) is 45.4 Å². The summed E-state index contributed by atoms with van der Waals surface area (Å²) in [5, 5.41) is 14.8. The minimum atomic E-state index is -0.895. The van der Waals surface area contributed by atoms with E-state index in [1.165, 1.54) is 13.2 Å². The van der Waals surface area contributed by atoms with E-state index in [0.717, 1.165) is 24.6 Å². The number of hydrogen-bond acceptors (Lipinski definition) is 7. The van der Waals surface area contributed by atoms with Crippen LogP contribution in [0.4, 0.5) is 21.5 Å². The Kier molecular flexibility index (Phi) is 6.26. The van der Waals surface area contributed by atoms with Crippen molar-refractivity contribution in [3.05, 3.63) is 46.3 Å². The number of anilines is 2. The van der Waals surface area contributed by atoms with Gasteiger partial charge in [-0.1, -0.05) is 0 Å². The summed E-state index contributed by atoms with van der Waals surface area (Å²) in [4.78, 5) is 12.5. The van der Waals surface area contributed by atoms with Crippen LogP contribution in [-0.2, 0) is 0 Å². The van der Waals surface area contributed by atoms with Crippen molar-refractivity contribution in [2.24, 2.45) is 0 Å². The molecule has 29 heavy (non-hydrogen) atoms. The summed E-state index contributed by atoms with van der Waals surface area (Å²) in [5.74, 6) is 0.735. The fourth-order valence-electron chi connectivity index (χ4n) is 3.49. The number of nitro groups is 1. The molecule has 0 unspecified atom stereocenters. The van der Waals surface area contributed by atoms with Crippen molar-refractivity contribution in [1.29, 1.82) is 0 Å². The molecule has 0 atom stereocenters. The lowest BCUT2D eigenvalue weighted by molar-refractivity contribution is -0.386. The van der Waals surface area contributed by atoms with Crippen molar-refractivity contribution in [2.75, 3.05) is 44.6 Å². The van der Waals surface area contributed by atoms with Gasteiger partial charge in [-0.15, -0.1) is 0 Å². The number of rotatable bonds is 7. The summed E-state index contributed by atoms with van der Waals surface area (Å²) in [5.41, 5.74) is 0.598. The first-order valence-electron chi connectivity index (χ1n) is 9.21. The normalized spacial score (nSPS) is 14.4. The van der Waals surface area contributed by atoms with Gasteiger partial charge in [-0.3, -0.25) is 10.1 Å². The molecule has 1 saturated heterocycles. The number of methoxy groups -OCH3 is 3. The molecule has 1 aliphatic heterocycles. The van der Waals surface area contributed by atoms with Crippen LogP contribution in [0.25, 0.3) is 0 Å². The number of halogens is 1. The summed E-state index contributed by atoms with van der Waals surface area (Å²) in [7, 11) is 4.59. The van der Waals surface area contributed by atoms with E-state index in [0.29, 0.717) is 24.6 Å². The highest BCUT2D eigenvalue weighted by Gasteiger charge is 2.29. The lowest BCUT2D eigenvalue weighted by Crippen LogP contribution is -2.39. The summed E-state index contributed by atoms with van der Waals surface area (Å²) < 4.78 is 29.9. The van der Waals surface area contributed by atoms with Gasteiger partial charge in [0.25, 0.3) is 0 Å². The summed E-state index contributed by atoms with van der Waals surface area (Å²) in [6, 6.07) is 8.28. The van der Waals surface area contributed by atoms with Gasteiger partial charge in [0.05, 0.1) is 26.3 Å². The number of nitrogens with one attached hydrogen (secondary N) is 1. The number of benzene rings is 2. The Morgan fingerprint density at radius 3 is 2.07 bits per heavy atom. The third kappa shape index (κ3) is 4.61. The first kappa shape index (κ1) is 20.5. The maximum Gasteiger partial charge on any atom is 0.328 e. The minimum Gasteiger partial charge on any atom is -0.497 e. The van der Waals surface area contributed by atoms with Gasteiger partial charge < -0.3 is 24.4 Å². The minimum absolute atomic E-state index is 0.164. The third-order valence-corrected chi connectivity index (χ3v) is 4.99. The molecule has 1 N–H and O–H groups in total. The van der Waals surface area contributed by atoms with Gasteiger partial charge in [0, 0.05) is 55.2 Å². The fourth-order valence-corrected chi connectivity index (χ4v) is 3.49. The van der Waals surface area contributed by atoms with Crippen molar-refractivity contribution in [3.8, 4) is 17.2 Å². The lowest BCUT2D eigenvalue weighted by atomic mass is 10.0. The Morgan fingerprint density at radius 1 is 1.00 bits per heavy atom. The van der Waals surface area contributed by atoms with E-state index >= 15 is 0 Å². The first-order valence-corrected chi connectivity index (χ1v) is 9.21. The predicted octanol–water partition coefficient (Wildman–Crippen LogP) is 3.84. The average Bonchev–Trinajstić information content (AvgIpc) is 2.73. The molecule has 0 radical (unpaired) electrons. The van der Waals surface area contributed by atoms with Gasteiger partial charge in [-0.25, -0.2) is 0 Å². The zero-order chi connectivity index (χ0) is 21.0. The zero-order valence-corrected chi connectivity index (χ0v) is 16.6. The van der Waals surface area contributed by atoms with Crippen molar-refractivity contribution in [1.82, 2.24) is 0 Å². The van der Waals surface area contributed by atoms with Crippen LogP contribution >= 0.6 is 0 Å². The second kappa shape index (κ2) is 8.85. The molecule has 2 aromatic rings. The number of piperidine rings is 1. The van der Waals surface area contributed by atoms with Crippen LogP contribution in [0, 0.1) is 15.9 Å². The molecule has 2 aromatic carbocycles. The van der Waals surface area contributed by atoms with Crippen LogP contribution in [0.5, 0.6) is 17.2 Å². The first-order chi connectivity index (χ1) is 13.9. The summed E-state index contributed by atoms with van der Waals surface area (Å²) in [6.45, 7) is 1.10. The van der Waals surface area contributed by atoms with Gasteiger partial charge in [0.15, 0.2) is 0 Å². The van der Waals surface area contributed by atoms with E-state index in [4.69, 9.17) is 14.2 Å². The Bertz CT molecular complexity index is 862. The van der Waals surface area contributed by atoms with Gasteiger partial charge in [-0.2, -0.15) is 4.39 Å². The second-order valence-corrected chi connectivity index (χ2v) is 6.74. The Labute approximate surface area is 168 Å². The standard InChI is InChI=1S/C20H24FN3O5/c1-27-15-8-14(9-16(10-15)28-2)22-13-4-6-23(7-5-13)19-12-17(29-3)11-18(21)20(19)24(25)26/h8-13,22H,4-7H2,1-3H3. The quantitative estimate of drug-likeness (QED) is 0.553. The van der Waals surface area contributed by atoms with Crippen molar-refractivity contribution in [3.63, 3.8) is 0 Å². The summed E-state index contributed by atoms with van der Waals surface area (Å²) >= 11 is 0. The molecule has 0 spiro atoms. The average molecular weight is 405 g/mol. The largest absolute Gasteiger partial charge is 0.497 e. The van der Waals surface area contributed by atoms with E-state index in [9.17, 15) is 14.5 Å². The lowest BCUT2D eigenvalue weighted by Gasteiger charge is -2.34. The molecule has 1 aliphatic rings. The highest BCUT2D eigenvalue weighted by molar-refractivity contribution is 5.67. The highest BCUT2D eigenvalue weighted by Crippen LogP contribution is 2.37. The third-order valence-electron chi connectivity index (χ3n) is 4.99. The van der Waals surface area contributed by atoms with Gasteiger partial charge in [0.1, 0.15) is 22.9 Å². The van der Waals surface area contributed by atoms with Gasteiger partial charge in [0.2, 0.25) is 5.82 Å². The molecule has 1 fully saturated rings. The van der Waals surface area contributed by atoms with E-state index in [-0.39, 0.29) is 17.5 Å². The molecule has 0 amide bonds. The highest BCUT2D eigenvalue weighted by atomic mass is 19.1. The molecule has 0 bridgehead atoms. The smallest absolute Gasteiger partial charge is 0.328 e. The molecular weight excluding hydrogens is 381 g/mol. The Balaban J connectivity index is 1.73.